The predicted octanol–water partition coefficient (Wildman–Crippen LogP) is 0.979. The molecule has 2 rings (SSSR count). The van der Waals surface area contributed by atoms with Crippen molar-refractivity contribution in [2.45, 2.75) is 0 Å². The van der Waals surface area contributed by atoms with Crippen molar-refractivity contribution in [2.75, 3.05) is 0 Å². The average Bonchev–Trinajstić information content (AvgIpc) is 2.30. The Morgan fingerprint density at radius 1 is 1.29 bits per heavy atom. The van der Waals surface area contributed by atoms with Crippen LogP contribution in [-0.4, -0.2) is 25.8 Å². The summed E-state index contributed by atoms with van der Waals surface area (Å²) in [4.78, 5) is 25.3. The number of carbonyl (C=O) groups is 1. The fourth-order valence-corrected chi connectivity index (χ4v) is 1.32. The first-order valence-electron chi connectivity index (χ1n) is 4.53. The van der Waals surface area contributed by atoms with Gasteiger partial charge in [0, 0.05) is 5.02 Å². The summed E-state index contributed by atoms with van der Waals surface area (Å²) in [5, 5.41) is 13.0. The zero-order valence-corrected chi connectivity index (χ0v) is 9.13. The van der Waals surface area contributed by atoms with E-state index in [-0.39, 0.29) is 0 Å². The molecule has 0 aliphatic heterocycles. The number of rotatable bonds is 2. The summed E-state index contributed by atoms with van der Waals surface area (Å²) in [6.07, 6.45) is 1.15. The number of benzene rings is 1. The maximum Gasteiger partial charge on any atom is 0.362 e. The summed E-state index contributed by atoms with van der Waals surface area (Å²) < 4.78 is 1.20. The van der Waals surface area contributed by atoms with Crippen molar-refractivity contribution in [1.29, 1.82) is 0 Å². The minimum atomic E-state index is -1.41. The summed E-state index contributed by atoms with van der Waals surface area (Å²) in [5.41, 5.74) is -0.936. The molecule has 86 valence electrons. The number of hydrogen-bond acceptors (Lipinski definition) is 4. The van der Waals surface area contributed by atoms with E-state index in [1.54, 1.807) is 24.3 Å². The third kappa shape index (κ3) is 2.31. The number of carboxylic acid groups (broad SMARTS) is 1. The molecule has 2 aromatic rings. The van der Waals surface area contributed by atoms with Crippen LogP contribution in [0.2, 0.25) is 5.02 Å². The van der Waals surface area contributed by atoms with Gasteiger partial charge < -0.3 is 5.11 Å². The van der Waals surface area contributed by atoms with Gasteiger partial charge in [0.25, 0.3) is 0 Å². The number of nitrogens with zero attached hydrogens (tertiary/aromatic N) is 3. The molecular weight excluding hydrogens is 246 g/mol. The SMILES string of the molecule is O=C(O)c1nn(-c2ccc(Cl)cc2)cnc1=O. The molecule has 0 radical (unpaired) electrons. The van der Waals surface area contributed by atoms with Gasteiger partial charge in [0.2, 0.25) is 5.69 Å². The van der Waals surface area contributed by atoms with E-state index in [0.29, 0.717) is 10.7 Å². The highest BCUT2D eigenvalue weighted by Gasteiger charge is 2.12. The van der Waals surface area contributed by atoms with E-state index >= 15 is 0 Å². The Hall–Kier alpha value is -2.21. The quantitative estimate of drug-likeness (QED) is 0.860. The second-order valence-electron chi connectivity index (χ2n) is 3.12. The molecule has 0 saturated carbocycles. The van der Waals surface area contributed by atoms with Gasteiger partial charge in [-0.25, -0.2) is 9.48 Å². The highest BCUT2D eigenvalue weighted by Crippen LogP contribution is 2.11. The Kier molecular flexibility index (Phi) is 2.88. The van der Waals surface area contributed by atoms with E-state index in [0.717, 1.165) is 6.33 Å². The van der Waals surface area contributed by atoms with E-state index in [1.807, 2.05) is 0 Å². The lowest BCUT2D eigenvalue weighted by Crippen LogP contribution is -2.23. The Morgan fingerprint density at radius 3 is 2.53 bits per heavy atom. The van der Waals surface area contributed by atoms with Gasteiger partial charge in [-0.2, -0.15) is 10.1 Å². The van der Waals surface area contributed by atoms with Gasteiger partial charge in [0.1, 0.15) is 6.33 Å². The molecule has 6 nitrogen and oxygen atoms in total. The number of aromatic nitrogens is 3. The second-order valence-corrected chi connectivity index (χ2v) is 3.56. The van der Waals surface area contributed by atoms with Crippen molar-refractivity contribution >= 4 is 17.6 Å². The van der Waals surface area contributed by atoms with E-state index in [4.69, 9.17) is 16.7 Å². The summed E-state index contributed by atoms with van der Waals surface area (Å²) in [6, 6.07) is 6.51. The molecule has 1 heterocycles. The Morgan fingerprint density at radius 2 is 1.94 bits per heavy atom. The molecule has 0 aliphatic carbocycles. The zero-order valence-electron chi connectivity index (χ0n) is 8.37. The van der Waals surface area contributed by atoms with Crippen LogP contribution < -0.4 is 5.56 Å². The van der Waals surface area contributed by atoms with Crippen molar-refractivity contribution in [2.24, 2.45) is 0 Å². The third-order valence-electron chi connectivity index (χ3n) is 1.99. The van der Waals surface area contributed by atoms with Crippen molar-refractivity contribution < 1.29 is 9.90 Å². The highest BCUT2D eigenvalue weighted by atomic mass is 35.5. The molecule has 0 saturated heterocycles. The molecule has 0 bridgehead atoms. The van der Waals surface area contributed by atoms with Crippen LogP contribution in [0.15, 0.2) is 35.4 Å². The van der Waals surface area contributed by atoms with E-state index in [2.05, 4.69) is 10.1 Å². The van der Waals surface area contributed by atoms with Crippen molar-refractivity contribution in [1.82, 2.24) is 14.8 Å². The van der Waals surface area contributed by atoms with Crippen LogP contribution in [0.25, 0.3) is 5.69 Å². The lowest BCUT2D eigenvalue weighted by Gasteiger charge is -2.04. The smallest absolute Gasteiger partial charge is 0.362 e. The van der Waals surface area contributed by atoms with E-state index in [1.165, 1.54) is 4.68 Å². The van der Waals surface area contributed by atoms with Gasteiger partial charge in [0.05, 0.1) is 5.69 Å². The van der Waals surface area contributed by atoms with E-state index in [9.17, 15) is 9.59 Å². The minimum absolute atomic E-state index is 0.543. The first kappa shape index (κ1) is 11.3. The fraction of sp³-hybridized carbons (Fsp3) is 0. The average molecular weight is 252 g/mol. The molecule has 1 aromatic heterocycles. The maximum absolute atomic E-state index is 11.1. The van der Waals surface area contributed by atoms with Crippen LogP contribution in [0.3, 0.4) is 0 Å². The normalized spacial score (nSPS) is 10.2. The number of halogens is 1. The van der Waals surface area contributed by atoms with Gasteiger partial charge in [-0.15, -0.1) is 0 Å². The Balaban J connectivity index is 2.53. The van der Waals surface area contributed by atoms with Crippen LogP contribution in [0.5, 0.6) is 0 Å². The summed E-state index contributed by atoms with van der Waals surface area (Å²) >= 11 is 5.72. The van der Waals surface area contributed by atoms with Gasteiger partial charge in [-0.3, -0.25) is 4.79 Å². The Labute approximate surface area is 100 Å². The van der Waals surface area contributed by atoms with Crippen molar-refractivity contribution in [3.8, 4) is 5.69 Å². The lowest BCUT2D eigenvalue weighted by molar-refractivity contribution is 0.0686. The van der Waals surface area contributed by atoms with Crippen LogP contribution in [-0.2, 0) is 0 Å². The topological polar surface area (TPSA) is 85.1 Å². The van der Waals surface area contributed by atoms with Crippen LogP contribution in [0.4, 0.5) is 0 Å². The van der Waals surface area contributed by atoms with Crippen LogP contribution in [0.1, 0.15) is 10.5 Å². The third-order valence-corrected chi connectivity index (χ3v) is 2.24. The van der Waals surface area contributed by atoms with Gasteiger partial charge in [-0.05, 0) is 24.3 Å². The van der Waals surface area contributed by atoms with Crippen molar-refractivity contribution in [3.63, 3.8) is 0 Å². The number of carboxylic acids is 1. The van der Waals surface area contributed by atoms with E-state index < -0.39 is 17.2 Å². The summed E-state index contributed by atoms with van der Waals surface area (Å²) in [7, 11) is 0. The molecule has 0 atom stereocenters. The molecule has 1 N–H and O–H groups in total. The molecule has 0 fully saturated rings. The minimum Gasteiger partial charge on any atom is -0.476 e. The van der Waals surface area contributed by atoms with Gasteiger partial charge in [-0.1, -0.05) is 11.6 Å². The molecule has 1 aromatic carbocycles. The maximum atomic E-state index is 11.1. The highest BCUT2D eigenvalue weighted by molar-refractivity contribution is 6.30. The van der Waals surface area contributed by atoms with Gasteiger partial charge in [0.15, 0.2) is 0 Å². The molecule has 7 heteroatoms. The molecule has 0 aliphatic rings. The molecule has 0 unspecified atom stereocenters. The second kappa shape index (κ2) is 4.34. The van der Waals surface area contributed by atoms with Gasteiger partial charge >= 0.3 is 11.5 Å². The molecule has 0 spiro atoms. The number of aromatic carboxylic acids is 1. The molecule has 17 heavy (non-hydrogen) atoms. The molecular formula is C10H6ClN3O3. The molecule has 0 amide bonds. The first-order chi connectivity index (χ1) is 8.08. The Bertz CT molecular complexity index is 621. The van der Waals surface area contributed by atoms with Crippen LogP contribution in [0, 0.1) is 0 Å². The summed E-state index contributed by atoms with van der Waals surface area (Å²) in [5.74, 6) is -1.41. The van der Waals surface area contributed by atoms with Crippen molar-refractivity contribution in [3.05, 3.63) is 51.7 Å². The number of hydrogen-bond donors (Lipinski definition) is 1. The monoisotopic (exact) mass is 251 g/mol. The predicted molar refractivity (Wildman–Crippen MR) is 59.6 cm³/mol. The first-order valence-corrected chi connectivity index (χ1v) is 4.91. The fourth-order valence-electron chi connectivity index (χ4n) is 1.20. The van der Waals surface area contributed by atoms with Crippen LogP contribution >= 0.6 is 11.6 Å². The largest absolute Gasteiger partial charge is 0.476 e. The zero-order chi connectivity index (χ0) is 12.4. The summed E-state index contributed by atoms with van der Waals surface area (Å²) in [6.45, 7) is 0. The lowest BCUT2D eigenvalue weighted by atomic mass is 10.3. The standard InChI is InChI=1S/C10H6ClN3O3/c11-6-1-3-7(4-2-6)14-5-12-9(15)8(13-14)10(16)17/h1-5H,(H,16,17).